The number of esters is 1. The van der Waals surface area contributed by atoms with Crippen LogP contribution >= 0.6 is 0 Å². The highest BCUT2D eigenvalue weighted by atomic mass is 16.5. The number of nitrogens with one attached hydrogen (secondary N) is 2. The van der Waals surface area contributed by atoms with Crippen molar-refractivity contribution in [1.29, 1.82) is 0 Å². The summed E-state index contributed by atoms with van der Waals surface area (Å²) in [4.78, 5) is 34.8. The highest BCUT2D eigenvalue weighted by molar-refractivity contribution is 5.76. The number of hydrogen-bond acceptors (Lipinski definition) is 5. The first-order valence-electron chi connectivity index (χ1n) is 12.9. The molecule has 7 heteroatoms. The standard InChI is InChI=1S/C25H48N2O5/c1-3-5-6-10-13-17-23(29)26-20-22(28)21-27-24(30)18-14-11-8-7-9-12-15-19-32-25(31)16-4-2/h22,28H,3-21H2,1-2H3,(H,26,29)(H,27,30). The van der Waals surface area contributed by atoms with Gasteiger partial charge in [0.15, 0.2) is 0 Å². The van der Waals surface area contributed by atoms with E-state index >= 15 is 0 Å². The van der Waals surface area contributed by atoms with E-state index in [1.807, 2.05) is 6.92 Å². The summed E-state index contributed by atoms with van der Waals surface area (Å²) in [5.41, 5.74) is 0. The van der Waals surface area contributed by atoms with Gasteiger partial charge in [0.25, 0.3) is 0 Å². The van der Waals surface area contributed by atoms with Crippen LogP contribution in [0.3, 0.4) is 0 Å². The Labute approximate surface area is 195 Å². The van der Waals surface area contributed by atoms with Gasteiger partial charge in [0.1, 0.15) is 0 Å². The maximum absolute atomic E-state index is 11.9. The average Bonchev–Trinajstić information content (AvgIpc) is 2.77. The fourth-order valence-corrected chi connectivity index (χ4v) is 3.34. The Morgan fingerprint density at radius 2 is 1.12 bits per heavy atom. The van der Waals surface area contributed by atoms with E-state index < -0.39 is 6.10 Å². The Morgan fingerprint density at radius 3 is 1.62 bits per heavy atom. The lowest BCUT2D eigenvalue weighted by molar-refractivity contribution is -0.143. The van der Waals surface area contributed by atoms with E-state index in [1.165, 1.54) is 12.8 Å². The number of rotatable bonds is 22. The smallest absolute Gasteiger partial charge is 0.305 e. The third-order valence-electron chi connectivity index (χ3n) is 5.34. The fraction of sp³-hybridized carbons (Fsp3) is 0.880. The molecule has 32 heavy (non-hydrogen) atoms. The summed E-state index contributed by atoms with van der Waals surface area (Å²) >= 11 is 0. The summed E-state index contributed by atoms with van der Waals surface area (Å²) in [7, 11) is 0. The number of aliphatic hydroxyl groups excluding tert-OH is 1. The fourth-order valence-electron chi connectivity index (χ4n) is 3.34. The molecule has 0 heterocycles. The Hall–Kier alpha value is -1.63. The maximum atomic E-state index is 11.9. The second-order valence-corrected chi connectivity index (χ2v) is 8.62. The van der Waals surface area contributed by atoms with E-state index in [1.54, 1.807) is 0 Å². The molecule has 0 aromatic heterocycles. The summed E-state index contributed by atoms with van der Waals surface area (Å²) in [6.45, 7) is 4.99. The van der Waals surface area contributed by atoms with Crippen LogP contribution in [0.15, 0.2) is 0 Å². The molecule has 0 aliphatic carbocycles. The van der Waals surface area contributed by atoms with Crippen molar-refractivity contribution in [3.8, 4) is 0 Å². The minimum atomic E-state index is -0.760. The van der Waals surface area contributed by atoms with Crippen LogP contribution in [0.4, 0.5) is 0 Å². The second kappa shape index (κ2) is 22.6. The van der Waals surface area contributed by atoms with Crippen LogP contribution in [-0.4, -0.2) is 48.7 Å². The molecule has 0 saturated carbocycles. The predicted molar refractivity (Wildman–Crippen MR) is 128 cm³/mol. The van der Waals surface area contributed by atoms with E-state index in [4.69, 9.17) is 4.74 Å². The first-order chi connectivity index (χ1) is 15.5. The van der Waals surface area contributed by atoms with Gasteiger partial charge in [-0.15, -0.1) is 0 Å². The molecule has 1 unspecified atom stereocenters. The molecule has 0 aliphatic rings. The van der Waals surface area contributed by atoms with E-state index in [0.717, 1.165) is 70.6 Å². The van der Waals surface area contributed by atoms with E-state index in [9.17, 15) is 19.5 Å². The molecule has 3 N–H and O–H groups in total. The highest BCUT2D eigenvalue weighted by Crippen LogP contribution is 2.09. The van der Waals surface area contributed by atoms with Crippen molar-refractivity contribution in [3.05, 3.63) is 0 Å². The van der Waals surface area contributed by atoms with E-state index in [2.05, 4.69) is 17.6 Å². The molecule has 0 spiro atoms. The van der Waals surface area contributed by atoms with Crippen molar-refractivity contribution in [2.45, 2.75) is 123 Å². The van der Waals surface area contributed by atoms with Gasteiger partial charge < -0.3 is 20.5 Å². The number of ether oxygens (including phenoxy) is 1. The van der Waals surface area contributed by atoms with Gasteiger partial charge in [-0.2, -0.15) is 0 Å². The van der Waals surface area contributed by atoms with Gasteiger partial charge >= 0.3 is 5.97 Å². The van der Waals surface area contributed by atoms with Crippen molar-refractivity contribution in [2.24, 2.45) is 0 Å². The van der Waals surface area contributed by atoms with Crippen molar-refractivity contribution in [1.82, 2.24) is 10.6 Å². The minimum Gasteiger partial charge on any atom is -0.466 e. The maximum Gasteiger partial charge on any atom is 0.305 e. The lowest BCUT2D eigenvalue weighted by Gasteiger charge is -2.13. The molecule has 1 atom stereocenters. The van der Waals surface area contributed by atoms with Crippen LogP contribution in [0, 0.1) is 0 Å². The summed E-state index contributed by atoms with van der Waals surface area (Å²) in [5.74, 6) is -0.194. The van der Waals surface area contributed by atoms with Crippen molar-refractivity contribution in [3.63, 3.8) is 0 Å². The monoisotopic (exact) mass is 456 g/mol. The lowest BCUT2D eigenvalue weighted by Crippen LogP contribution is -2.39. The molecule has 0 aromatic carbocycles. The van der Waals surface area contributed by atoms with Gasteiger partial charge in [0.2, 0.25) is 11.8 Å². The van der Waals surface area contributed by atoms with Gasteiger partial charge in [0.05, 0.1) is 12.7 Å². The van der Waals surface area contributed by atoms with Crippen molar-refractivity contribution in [2.75, 3.05) is 19.7 Å². The van der Waals surface area contributed by atoms with Crippen LogP contribution in [-0.2, 0) is 19.1 Å². The Morgan fingerprint density at radius 1 is 0.656 bits per heavy atom. The first kappa shape index (κ1) is 30.4. The molecule has 0 aromatic rings. The zero-order valence-electron chi connectivity index (χ0n) is 20.6. The Bertz CT molecular complexity index is 485. The number of unbranched alkanes of at least 4 members (excludes halogenated alkanes) is 10. The number of carbonyl (C=O) groups excluding carboxylic acids is 3. The molecule has 0 saturated heterocycles. The quantitative estimate of drug-likeness (QED) is 0.165. The summed E-state index contributed by atoms with van der Waals surface area (Å²) in [5, 5.41) is 15.4. The topological polar surface area (TPSA) is 105 Å². The van der Waals surface area contributed by atoms with Crippen LogP contribution in [0.1, 0.15) is 117 Å². The summed E-state index contributed by atoms with van der Waals surface area (Å²) in [6.07, 6.45) is 14.2. The molecule has 0 radical (unpaired) electrons. The molecule has 7 nitrogen and oxygen atoms in total. The van der Waals surface area contributed by atoms with Crippen LogP contribution in [0.5, 0.6) is 0 Å². The Balaban J connectivity index is 3.46. The SMILES string of the molecule is CCCCCCCC(=O)NCC(O)CNC(=O)CCCCCCCCCOC(=O)CCC. The molecular formula is C25H48N2O5. The van der Waals surface area contributed by atoms with Crippen molar-refractivity contribution >= 4 is 17.8 Å². The molecule has 0 rings (SSSR count). The third-order valence-corrected chi connectivity index (χ3v) is 5.34. The summed E-state index contributed by atoms with van der Waals surface area (Å²) in [6, 6.07) is 0. The average molecular weight is 457 g/mol. The van der Waals surface area contributed by atoms with E-state index in [0.29, 0.717) is 25.9 Å². The number of aliphatic hydroxyl groups is 1. The van der Waals surface area contributed by atoms with Crippen LogP contribution < -0.4 is 10.6 Å². The number of carbonyl (C=O) groups is 3. The van der Waals surface area contributed by atoms with Crippen molar-refractivity contribution < 1.29 is 24.2 Å². The van der Waals surface area contributed by atoms with Gasteiger partial charge in [-0.1, -0.05) is 71.6 Å². The van der Waals surface area contributed by atoms with E-state index in [-0.39, 0.29) is 30.9 Å². The molecule has 2 amide bonds. The Kier molecular flexibility index (Phi) is 21.4. The molecular weight excluding hydrogens is 408 g/mol. The minimum absolute atomic E-state index is 0.0376. The third kappa shape index (κ3) is 21.6. The molecule has 0 fully saturated rings. The largest absolute Gasteiger partial charge is 0.466 e. The normalized spacial score (nSPS) is 11.7. The summed E-state index contributed by atoms with van der Waals surface area (Å²) < 4.78 is 5.13. The van der Waals surface area contributed by atoms with Gasteiger partial charge in [-0.05, 0) is 25.7 Å². The van der Waals surface area contributed by atoms with Crippen LogP contribution in [0.2, 0.25) is 0 Å². The van der Waals surface area contributed by atoms with Gasteiger partial charge in [-0.3, -0.25) is 14.4 Å². The van der Waals surface area contributed by atoms with Gasteiger partial charge in [-0.25, -0.2) is 0 Å². The lowest BCUT2D eigenvalue weighted by atomic mass is 10.1. The highest BCUT2D eigenvalue weighted by Gasteiger charge is 2.09. The number of hydrogen-bond donors (Lipinski definition) is 3. The predicted octanol–water partition coefficient (Wildman–Crippen LogP) is 4.40. The van der Waals surface area contributed by atoms with Gasteiger partial charge in [0, 0.05) is 32.4 Å². The van der Waals surface area contributed by atoms with Crippen LogP contribution in [0.25, 0.3) is 0 Å². The molecule has 188 valence electrons. The zero-order valence-corrected chi connectivity index (χ0v) is 20.6. The second-order valence-electron chi connectivity index (χ2n) is 8.62. The molecule has 0 bridgehead atoms. The first-order valence-corrected chi connectivity index (χ1v) is 12.9. The zero-order chi connectivity index (χ0) is 23.9. The molecule has 0 aliphatic heterocycles. The number of amides is 2.